The molecule has 1 saturated heterocycles. The maximum absolute atomic E-state index is 12.6. The van der Waals surface area contributed by atoms with Gasteiger partial charge in [0, 0.05) is 31.9 Å². The van der Waals surface area contributed by atoms with Crippen LogP contribution in [0.4, 0.5) is 0 Å². The molecule has 118 valence electrons. The number of nitrogens with zero attached hydrogens (tertiary/aromatic N) is 1. The Kier molecular flexibility index (Phi) is 4.72. The van der Waals surface area contributed by atoms with Gasteiger partial charge in [-0.15, -0.1) is 0 Å². The SMILES string of the molecule is C[C@H]1CNCCN1S(=O)(=O)c1ccc(CS(C)(=O)=O)cc1. The summed E-state index contributed by atoms with van der Waals surface area (Å²) in [5, 5.41) is 3.15. The maximum atomic E-state index is 12.6. The number of hydrogen-bond donors (Lipinski definition) is 1. The van der Waals surface area contributed by atoms with Crippen molar-refractivity contribution < 1.29 is 16.8 Å². The van der Waals surface area contributed by atoms with Crippen LogP contribution in [0.15, 0.2) is 29.2 Å². The number of nitrogens with one attached hydrogen (secondary N) is 1. The molecule has 6 nitrogen and oxygen atoms in total. The van der Waals surface area contributed by atoms with E-state index < -0.39 is 19.9 Å². The molecule has 0 amide bonds. The fourth-order valence-electron chi connectivity index (χ4n) is 2.38. The zero-order valence-electron chi connectivity index (χ0n) is 12.1. The molecular weight excluding hydrogens is 312 g/mol. The molecular formula is C13H20N2O4S2. The summed E-state index contributed by atoms with van der Waals surface area (Å²) in [6.07, 6.45) is 1.15. The number of benzene rings is 1. The van der Waals surface area contributed by atoms with Gasteiger partial charge in [-0.3, -0.25) is 0 Å². The first-order valence-corrected chi connectivity index (χ1v) is 10.2. The van der Waals surface area contributed by atoms with Gasteiger partial charge in [0.2, 0.25) is 10.0 Å². The number of hydrogen-bond acceptors (Lipinski definition) is 5. The molecule has 0 unspecified atom stereocenters. The van der Waals surface area contributed by atoms with E-state index in [4.69, 9.17) is 0 Å². The number of sulfonamides is 1. The summed E-state index contributed by atoms with van der Waals surface area (Å²) in [6, 6.07) is 5.97. The van der Waals surface area contributed by atoms with Crippen molar-refractivity contribution in [3.8, 4) is 0 Å². The highest BCUT2D eigenvalue weighted by molar-refractivity contribution is 7.90. The highest BCUT2D eigenvalue weighted by Crippen LogP contribution is 2.20. The van der Waals surface area contributed by atoms with E-state index in [-0.39, 0.29) is 16.7 Å². The lowest BCUT2D eigenvalue weighted by Crippen LogP contribution is -2.52. The van der Waals surface area contributed by atoms with Crippen molar-refractivity contribution in [2.75, 3.05) is 25.9 Å². The van der Waals surface area contributed by atoms with E-state index in [1.807, 2.05) is 6.92 Å². The fraction of sp³-hybridized carbons (Fsp3) is 0.538. The summed E-state index contributed by atoms with van der Waals surface area (Å²) >= 11 is 0. The summed E-state index contributed by atoms with van der Waals surface area (Å²) in [6.45, 7) is 3.57. The minimum absolute atomic E-state index is 0.0859. The van der Waals surface area contributed by atoms with Gasteiger partial charge in [0.25, 0.3) is 0 Å². The lowest BCUT2D eigenvalue weighted by molar-refractivity contribution is 0.284. The van der Waals surface area contributed by atoms with Crippen molar-refractivity contribution in [3.63, 3.8) is 0 Å². The van der Waals surface area contributed by atoms with E-state index in [2.05, 4.69) is 5.32 Å². The normalized spacial score (nSPS) is 21.3. The standard InChI is InChI=1S/C13H20N2O4S2/c1-11-9-14-7-8-15(11)21(18,19)13-5-3-12(4-6-13)10-20(2,16)17/h3-6,11,14H,7-10H2,1-2H3/t11-/m0/s1. The van der Waals surface area contributed by atoms with Gasteiger partial charge in [0.1, 0.15) is 0 Å². The van der Waals surface area contributed by atoms with Gasteiger partial charge in [-0.25, -0.2) is 16.8 Å². The van der Waals surface area contributed by atoms with E-state index >= 15 is 0 Å². The van der Waals surface area contributed by atoms with Crippen LogP contribution < -0.4 is 5.32 Å². The average molecular weight is 332 g/mol. The van der Waals surface area contributed by atoms with E-state index in [1.54, 1.807) is 12.1 Å². The Bertz CT molecular complexity index is 696. The Morgan fingerprint density at radius 2 is 1.81 bits per heavy atom. The first-order chi connectivity index (χ1) is 9.70. The van der Waals surface area contributed by atoms with Gasteiger partial charge >= 0.3 is 0 Å². The van der Waals surface area contributed by atoms with Crippen LogP contribution >= 0.6 is 0 Å². The highest BCUT2D eigenvalue weighted by Gasteiger charge is 2.30. The molecule has 1 fully saturated rings. The van der Waals surface area contributed by atoms with E-state index in [0.29, 0.717) is 25.2 Å². The molecule has 1 N–H and O–H groups in total. The van der Waals surface area contributed by atoms with Crippen LogP contribution in [-0.2, 0) is 25.6 Å². The topological polar surface area (TPSA) is 83.6 Å². The molecule has 0 radical (unpaired) electrons. The summed E-state index contributed by atoms with van der Waals surface area (Å²) in [7, 11) is -6.65. The van der Waals surface area contributed by atoms with Crippen molar-refractivity contribution >= 4 is 19.9 Å². The molecule has 1 aliphatic rings. The molecule has 0 aliphatic carbocycles. The second-order valence-electron chi connectivity index (χ2n) is 5.38. The monoisotopic (exact) mass is 332 g/mol. The second kappa shape index (κ2) is 6.04. The van der Waals surface area contributed by atoms with Crippen molar-refractivity contribution in [2.45, 2.75) is 23.6 Å². The Balaban J connectivity index is 2.24. The molecule has 1 aromatic carbocycles. The zero-order valence-corrected chi connectivity index (χ0v) is 13.7. The quantitative estimate of drug-likeness (QED) is 0.852. The van der Waals surface area contributed by atoms with Crippen molar-refractivity contribution in [2.24, 2.45) is 0 Å². The van der Waals surface area contributed by atoms with E-state index in [1.165, 1.54) is 16.4 Å². The van der Waals surface area contributed by atoms with E-state index in [9.17, 15) is 16.8 Å². The van der Waals surface area contributed by atoms with Crippen molar-refractivity contribution in [1.29, 1.82) is 0 Å². The fourth-order valence-corrected chi connectivity index (χ4v) is 4.80. The summed E-state index contributed by atoms with van der Waals surface area (Å²) in [5.41, 5.74) is 0.588. The molecule has 2 rings (SSSR count). The third-order valence-electron chi connectivity index (χ3n) is 3.40. The molecule has 1 heterocycles. The third kappa shape index (κ3) is 4.03. The minimum atomic E-state index is -3.53. The van der Waals surface area contributed by atoms with E-state index in [0.717, 1.165) is 6.26 Å². The molecule has 0 spiro atoms. The number of rotatable bonds is 4. The molecule has 1 aromatic rings. The van der Waals surface area contributed by atoms with Crippen LogP contribution in [0.2, 0.25) is 0 Å². The summed E-state index contributed by atoms with van der Waals surface area (Å²) in [5.74, 6) is -0.0859. The van der Waals surface area contributed by atoms with Gasteiger partial charge < -0.3 is 5.32 Å². The lowest BCUT2D eigenvalue weighted by atomic mass is 10.2. The van der Waals surface area contributed by atoms with Gasteiger partial charge in [0.15, 0.2) is 9.84 Å². The first-order valence-electron chi connectivity index (χ1n) is 6.69. The van der Waals surface area contributed by atoms with Crippen LogP contribution in [0.1, 0.15) is 12.5 Å². The van der Waals surface area contributed by atoms with Crippen LogP contribution in [0.5, 0.6) is 0 Å². The Hall–Kier alpha value is -0.960. The summed E-state index contributed by atoms with van der Waals surface area (Å²) in [4.78, 5) is 0.202. The Labute approximate surface area is 126 Å². The molecule has 21 heavy (non-hydrogen) atoms. The van der Waals surface area contributed by atoms with Gasteiger partial charge in [-0.1, -0.05) is 12.1 Å². The van der Waals surface area contributed by atoms with Crippen LogP contribution in [0.25, 0.3) is 0 Å². The Morgan fingerprint density at radius 1 is 1.19 bits per heavy atom. The molecule has 1 aliphatic heterocycles. The van der Waals surface area contributed by atoms with Crippen LogP contribution in [-0.4, -0.2) is 53.1 Å². The summed E-state index contributed by atoms with van der Waals surface area (Å²) < 4.78 is 49.1. The van der Waals surface area contributed by atoms with Crippen LogP contribution in [0.3, 0.4) is 0 Å². The second-order valence-corrected chi connectivity index (χ2v) is 9.41. The number of sulfone groups is 1. The van der Waals surface area contributed by atoms with Crippen molar-refractivity contribution in [3.05, 3.63) is 29.8 Å². The predicted octanol–water partition coefficient (Wildman–Crippen LogP) is 0.214. The first kappa shape index (κ1) is 16.4. The van der Waals surface area contributed by atoms with Crippen molar-refractivity contribution in [1.82, 2.24) is 9.62 Å². The lowest BCUT2D eigenvalue weighted by Gasteiger charge is -2.32. The van der Waals surface area contributed by atoms with Gasteiger partial charge in [-0.2, -0.15) is 4.31 Å². The Morgan fingerprint density at radius 3 is 2.33 bits per heavy atom. The number of piperazine rings is 1. The smallest absolute Gasteiger partial charge is 0.243 e. The molecule has 0 saturated carbocycles. The van der Waals surface area contributed by atoms with Gasteiger partial charge in [-0.05, 0) is 24.6 Å². The molecule has 1 atom stereocenters. The maximum Gasteiger partial charge on any atom is 0.243 e. The molecule has 0 bridgehead atoms. The van der Waals surface area contributed by atoms with Crippen LogP contribution in [0, 0.1) is 0 Å². The predicted molar refractivity (Wildman–Crippen MR) is 81.2 cm³/mol. The minimum Gasteiger partial charge on any atom is -0.314 e. The molecule has 0 aromatic heterocycles. The van der Waals surface area contributed by atoms with Gasteiger partial charge in [0.05, 0.1) is 10.6 Å². The average Bonchev–Trinajstić information content (AvgIpc) is 2.37. The highest BCUT2D eigenvalue weighted by atomic mass is 32.2. The zero-order chi connectivity index (χ0) is 15.7. The molecule has 8 heteroatoms. The third-order valence-corrected chi connectivity index (χ3v) is 6.28. The largest absolute Gasteiger partial charge is 0.314 e.